The Bertz CT molecular complexity index is 647. The van der Waals surface area contributed by atoms with Crippen LogP contribution in [0.5, 0.6) is 11.5 Å². The van der Waals surface area contributed by atoms with E-state index in [0.717, 1.165) is 11.5 Å². The van der Waals surface area contributed by atoms with Crippen LogP contribution in [0, 0.1) is 0 Å². The van der Waals surface area contributed by atoms with E-state index in [1.54, 1.807) is 14.2 Å². The summed E-state index contributed by atoms with van der Waals surface area (Å²) >= 11 is 0. The predicted molar refractivity (Wildman–Crippen MR) is 93.2 cm³/mol. The van der Waals surface area contributed by atoms with Crippen molar-refractivity contribution in [2.45, 2.75) is 0 Å². The molecule has 2 aromatic rings. The van der Waals surface area contributed by atoms with Crippen molar-refractivity contribution in [2.75, 3.05) is 45.8 Å². The number of nitrogens with one attached hydrogen (secondary N) is 2. The molecule has 0 atom stereocenters. The number of amides is 1. The van der Waals surface area contributed by atoms with Crippen molar-refractivity contribution >= 4 is 11.9 Å². The molecule has 25 heavy (non-hydrogen) atoms. The molecule has 134 valence electrons. The fourth-order valence-electron chi connectivity index (χ4n) is 1.91. The molecule has 2 N–H and O–H groups in total. The highest BCUT2D eigenvalue weighted by Gasteiger charge is 2.06. The SMILES string of the molecule is COCCNC(=O)c1cnc(NCCOc2ccc(OC)cc2)nc1. The maximum atomic E-state index is 11.8. The third-order valence-electron chi connectivity index (χ3n) is 3.22. The maximum absolute atomic E-state index is 11.8. The van der Waals surface area contributed by atoms with E-state index >= 15 is 0 Å². The van der Waals surface area contributed by atoms with Gasteiger partial charge in [-0.25, -0.2) is 9.97 Å². The fraction of sp³-hybridized carbons (Fsp3) is 0.353. The lowest BCUT2D eigenvalue weighted by atomic mass is 10.3. The van der Waals surface area contributed by atoms with E-state index in [0.29, 0.717) is 37.8 Å². The van der Waals surface area contributed by atoms with Crippen LogP contribution in [0.4, 0.5) is 5.95 Å². The van der Waals surface area contributed by atoms with Crippen LogP contribution in [0.15, 0.2) is 36.7 Å². The molecule has 0 bridgehead atoms. The van der Waals surface area contributed by atoms with Crippen LogP contribution in [0.1, 0.15) is 10.4 Å². The molecule has 0 saturated carbocycles. The van der Waals surface area contributed by atoms with Crippen LogP contribution >= 0.6 is 0 Å². The average Bonchev–Trinajstić information content (AvgIpc) is 2.66. The largest absolute Gasteiger partial charge is 0.497 e. The Morgan fingerprint density at radius 3 is 2.32 bits per heavy atom. The first-order chi connectivity index (χ1) is 12.2. The molecule has 0 radical (unpaired) electrons. The summed E-state index contributed by atoms with van der Waals surface area (Å²) in [4.78, 5) is 20.0. The van der Waals surface area contributed by atoms with Crippen LogP contribution in [0.25, 0.3) is 0 Å². The minimum Gasteiger partial charge on any atom is -0.497 e. The molecule has 8 nitrogen and oxygen atoms in total. The summed E-state index contributed by atoms with van der Waals surface area (Å²) in [7, 11) is 3.20. The second-order valence-electron chi connectivity index (χ2n) is 4.99. The van der Waals surface area contributed by atoms with Gasteiger partial charge in [-0.05, 0) is 24.3 Å². The minimum absolute atomic E-state index is 0.230. The molecule has 0 aliphatic heterocycles. The van der Waals surface area contributed by atoms with Gasteiger partial charge in [0, 0.05) is 26.0 Å². The van der Waals surface area contributed by atoms with Crippen LogP contribution in [-0.4, -0.2) is 56.4 Å². The zero-order chi connectivity index (χ0) is 17.9. The monoisotopic (exact) mass is 346 g/mol. The first-order valence-electron chi connectivity index (χ1n) is 7.83. The molecule has 0 unspecified atom stereocenters. The Hall–Kier alpha value is -2.87. The van der Waals surface area contributed by atoms with E-state index in [2.05, 4.69) is 20.6 Å². The van der Waals surface area contributed by atoms with Gasteiger partial charge in [-0.3, -0.25) is 4.79 Å². The number of hydrogen-bond acceptors (Lipinski definition) is 7. The normalized spacial score (nSPS) is 10.2. The second kappa shape index (κ2) is 10.1. The van der Waals surface area contributed by atoms with Gasteiger partial charge in [-0.15, -0.1) is 0 Å². The molecule has 0 spiro atoms. The predicted octanol–water partition coefficient (Wildman–Crippen LogP) is 1.35. The molecule has 0 aliphatic rings. The summed E-state index contributed by atoms with van der Waals surface area (Å²) in [6.45, 7) is 1.89. The Kier molecular flexibility index (Phi) is 7.45. The van der Waals surface area contributed by atoms with E-state index in [1.807, 2.05) is 24.3 Å². The lowest BCUT2D eigenvalue weighted by Gasteiger charge is -2.08. The van der Waals surface area contributed by atoms with E-state index in [9.17, 15) is 4.79 Å². The van der Waals surface area contributed by atoms with Gasteiger partial charge < -0.3 is 24.8 Å². The van der Waals surface area contributed by atoms with Crippen molar-refractivity contribution in [2.24, 2.45) is 0 Å². The number of nitrogens with zero attached hydrogens (tertiary/aromatic N) is 2. The van der Waals surface area contributed by atoms with Gasteiger partial charge in [0.15, 0.2) is 0 Å². The van der Waals surface area contributed by atoms with Crippen LogP contribution in [-0.2, 0) is 4.74 Å². The topological polar surface area (TPSA) is 94.6 Å². The Morgan fingerprint density at radius 1 is 1.00 bits per heavy atom. The van der Waals surface area contributed by atoms with E-state index in [1.165, 1.54) is 12.4 Å². The molecule has 0 saturated heterocycles. The summed E-state index contributed by atoms with van der Waals surface area (Å²) in [6.07, 6.45) is 2.95. The molecule has 0 fully saturated rings. The molecule has 8 heteroatoms. The van der Waals surface area contributed by atoms with E-state index in [-0.39, 0.29) is 5.91 Å². The summed E-state index contributed by atoms with van der Waals surface area (Å²) in [5.74, 6) is 1.75. The number of aromatic nitrogens is 2. The molecular weight excluding hydrogens is 324 g/mol. The van der Waals surface area contributed by atoms with Gasteiger partial charge >= 0.3 is 0 Å². The highest BCUT2D eigenvalue weighted by Crippen LogP contribution is 2.16. The number of rotatable bonds is 10. The van der Waals surface area contributed by atoms with Gasteiger partial charge in [-0.2, -0.15) is 0 Å². The smallest absolute Gasteiger partial charge is 0.254 e. The number of carbonyl (C=O) groups is 1. The third-order valence-corrected chi connectivity index (χ3v) is 3.22. The highest BCUT2D eigenvalue weighted by atomic mass is 16.5. The quantitative estimate of drug-likeness (QED) is 0.627. The summed E-state index contributed by atoms with van der Waals surface area (Å²) in [5.41, 5.74) is 0.399. The van der Waals surface area contributed by atoms with Gasteiger partial charge in [0.25, 0.3) is 5.91 Å². The maximum Gasteiger partial charge on any atom is 0.254 e. The highest BCUT2D eigenvalue weighted by molar-refractivity contribution is 5.93. The first-order valence-corrected chi connectivity index (χ1v) is 7.83. The summed E-state index contributed by atoms with van der Waals surface area (Å²) < 4.78 is 15.6. The van der Waals surface area contributed by atoms with Crippen molar-refractivity contribution in [3.05, 3.63) is 42.2 Å². The number of carbonyl (C=O) groups excluding carboxylic acids is 1. The van der Waals surface area contributed by atoms with Gasteiger partial charge in [0.1, 0.15) is 18.1 Å². The second-order valence-corrected chi connectivity index (χ2v) is 4.99. The number of ether oxygens (including phenoxy) is 3. The van der Waals surface area contributed by atoms with Crippen molar-refractivity contribution in [3.63, 3.8) is 0 Å². The van der Waals surface area contributed by atoms with Crippen molar-refractivity contribution in [1.82, 2.24) is 15.3 Å². The molecule has 1 aromatic carbocycles. The van der Waals surface area contributed by atoms with Crippen molar-refractivity contribution < 1.29 is 19.0 Å². The zero-order valence-electron chi connectivity index (χ0n) is 14.3. The number of hydrogen-bond donors (Lipinski definition) is 2. The molecule has 1 aromatic heterocycles. The lowest BCUT2D eigenvalue weighted by Crippen LogP contribution is -2.27. The Balaban J connectivity index is 1.71. The molecule has 0 aliphatic carbocycles. The summed E-state index contributed by atoms with van der Waals surface area (Å²) in [5, 5.41) is 5.74. The summed E-state index contributed by atoms with van der Waals surface area (Å²) in [6, 6.07) is 7.35. The fourth-order valence-corrected chi connectivity index (χ4v) is 1.91. The molecule has 1 heterocycles. The van der Waals surface area contributed by atoms with E-state index in [4.69, 9.17) is 14.2 Å². The molecule has 2 rings (SSSR count). The van der Waals surface area contributed by atoms with Crippen LogP contribution in [0.3, 0.4) is 0 Å². The number of anilines is 1. The number of methoxy groups -OCH3 is 2. The van der Waals surface area contributed by atoms with Gasteiger partial charge in [0.05, 0.1) is 25.8 Å². The lowest BCUT2D eigenvalue weighted by molar-refractivity contribution is 0.0936. The van der Waals surface area contributed by atoms with E-state index < -0.39 is 0 Å². The van der Waals surface area contributed by atoms with Crippen molar-refractivity contribution in [1.29, 1.82) is 0 Å². The van der Waals surface area contributed by atoms with Crippen LogP contribution in [0.2, 0.25) is 0 Å². The van der Waals surface area contributed by atoms with Gasteiger partial charge in [-0.1, -0.05) is 0 Å². The van der Waals surface area contributed by atoms with Gasteiger partial charge in [0.2, 0.25) is 5.95 Å². The third kappa shape index (κ3) is 6.27. The first kappa shape index (κ1) is 18.5. The zero-order valence-corrected chi connectivity index (χ0v) is 14.3. The number of benzene rings is 1. The van der Waals surface area contributed by atoms with Crippen molar-refractivity contribution in [3.8, 4) is 11.5 Å². The van der Waals surface area contributed by atoms with Crippen LogP contribution < -0.4 is 20.1 Å². The molecular formula is C17H22N4O4. The Labute approximate surface area is 146 Å². The Morgan fingerprint density at radius 2 is 1.68 bits per heavy atom. The molecule has 1 amide bonds. The minimum atomic E-state index is -0.230. The standard InChI is InChI=1S/C17H22N4O4/c1-23-9-7-18-16(22)13-11-20-17(21-12-13)19-8-10-25-15-5-3-14(24-2)4-6-15/h3-6,11-12H,7-10H2,1-2H3,(H,18,22)(H,19,20,21). The average molecular weight is 346 g/mol.